The highest BCUT2D eigenvalue weighted by Gasteiger charge is 2.17. The maximum atomic E-state index is 3.28. The van der Waals surface area contributed by atoms with Crippen molar-refractivity contribution in [3.63, 3.8) is 0 Å². The quantitative estimate of drug-likeness (QED) is 0.765. The molecule has 0 bridgehead atoms. The molecule has 0 fully saturated rings. The first-order valence-corrected chi connectivity index (χ1v) is 5.85. The lowest BCUT2D eigenvalue weighted by molar-refractivity contribution is 0.437. The van der Waals surface area contributed by atoms with E-state index >= 15 is 0 Å². The Morgan fingerprint density at radius 3 is 2.77 bits per heavy atom. The number of likely N-dealkylation sites (N-methyl/N-ethyl adjacent to an activating group) is 1. The van der Waals surface area contributed by atoms with Crippen LogP contribution in [0.5, 0.6) is 0 Å². The zero-order valence-corrected chi connectivity index (χ0v) is 9.53. The maximum Gasteiger partial charge on any atom is 0.00915 e. The average molecular weight is 197 g/mol. The molecule has 0 aromatic carbocycles. The van der Waals surface area contributed by atoms with Gasteiger partial charge in [-0.05, 0) is 24.4 Å². The second kappa shape index (κ2) is 5.40. The third kappa shape index (κ3) is 2.82. The Balaban J connectivity index is 2.68. The number of hydrogen-bond acceptors (Lipinski definition) is 2. The average Bonchev–Trinajstić information content (AvgIpc) is 2.65. The fraction of sp³-hybridized carbons (Fsp3) is 0.636. The van der Waals surface area contributed by atoms with Gasteiger partial charge in [0.1, 0.15) is 0 Å². The summed E-state index contributed by atoms with van der Waals surface area (Å²) in [6.45, 7) is 5.69. The Labute approximate surface area is 85.2 Å². The van der Waals surface area contributed by atoms with Crippen molar-refractivity contribution in [1.29, 1.82) is 0 Å². The molecule has 1 heterocycles. The first kappa shape index (κ1) is 10.7. The molecule has 0 radical (unpaired) electrons. The molecule has 2 heteroatoms. The number of thiophene rings is 1. The second-order valence-corrected chi connectivity index (χ2v) is 4.54. The van der Waals surface area contributed by atoms with Gasteiger partial charge in [0.25, 0.3) is 0 Å². The highest BCUT2D eigenvalue weighted by Crippen LogP contribution is 2.29. The molecular weight excluding hydrogens is 178 g/mol. The minimum atomic E-state index is 0.690. The highest BCUT2D eigenvalue weighted by molar-refractivity contribution is 7.10. The van der Waals surface area contributed by atoms with E-state index in [4.69, 9.17) is 0 Å². The topological polar surface area (TPSA) is 12.0 Å². The standard InChI is InChI=1S/C11H19NS/c1-4-9(2)10(8-12-3)11-6-5-7-13-11/h5-7,9-10,12H,4,8H2,1-3H3. The van der Waals surface area contributed by atoms with Crippen molar-refractivity contribution in [2.45, 2.75) is 26.2 Å². The molecule has 1 aromatic heterocycles. The van der Waals surface area contributed by atoms with Gasteiger partial charge in [-0.2, -0.15) is 0 Å². The van der Waals surface area contributed by atoms with Crippen LogP contribution in [0.15, 0.2) is 17.5 Å². The van der Waals surface area contributed by atoms with Gasteiger partial charge in [-0.1, -0.05) is 26.3 Å². The largest absolute Gasteiger partial charge is 0.319 e. The molecule has 0 aliphatic carbocycles. The molecule has 2 unspecified atom stereocenters. The zero-order valence-electron chi connectivity index (χ0n) is 8.71. The summed E-state index contributed by atoms with van der Waals surface area (Å²) in [7, 11) is 2.03. The Hall–Kier alpha value is -0.340. The fourth-order valence-corrected chi connectivity index (χ4v) is 2.55. The Morgan fingerprint density at radius 1 is 1.54 bits per heavy atom. The summed E-state index contributed by atoms with van der Waals surface area (Å²) in [5.41, 5.74) is 0. The van der Waals surface area contributed by atoms with Gasteiger partial charge >= 0.3 is 0 Å². The molecule has 0 saturated heterocycles. The molecule has 0 aliphatic rings. The van der Waals surface area contributed by atoms with Gasteiger partial charge in [-0.25, -0.2) is 0 Å². The van der Waals surface area contributed by atoms with E-state index in [9.17, 15) is 0 Å². The smallest absolute Gasteiger partial charge is 0.00915 e. The van der Waals surface area contributed by atoms with Crippen LogP contribution in [0.2, 0.25) is 0 Å². The first-order chi connectivity index (χ1) is 6.29. The summed E-state index contributed by atoms with van der Waals surface area (Å²) in [6, 6.07) is 4.39. The molecule has 0 amide bonds. The van der Waals surface area contributed by atoms with Gasteiger partial charge in [0, 0.05) is 17.3 Å². The van der Waals surface area contributed by atoms with E-state index in [1.807, 2.05) is 18.4 Å². The summed E-state index contributed by atoms with van der Waals surface area (Å²) >= 11 is 1.87. The van der Waals surface area contributed by atoms with Crippen molar-refractivity contribution >= 4 is 11.3 Å². The number of nitrogens with one attached hydrogen (secondary N) is 1. The van der Waals surface area contributed by atoms with Crippen molar-refractivity contribution in [3.8, 4) is 0 Å². The third-order valence-corrected chi connectivity index (χ3v) is 3.67. The normalized spacial score (nSPS) is 15.6. The van der Waals surface area contributed by atoms with Crippen LogP contribution in [0.3, 0.4) is 0 Å². The second-order valence-electron chi connectivity index (χ2n) is 3.57. The lowest BCUT2D eigenvalue weighted by Crippen LogP contribution is -2.21. The SMILES string of the molecule is CCC(C)C(CNC)c1cccs1. The third-order valence-electron chi connectivity index (χ3n) is 2.66. The van der Waals surface area contributed by atoms with Crippen LogP contribution >= 0.6 is 11.3 Å². The lowest BCUT2D eigenvalue weighted by atomic mass is 9.90. The summed E-state index contributed by atoms with van der Waals surface area (Å²) in [5, 5.41) is 5.44. The van der Waals surface area contributed by atoms with E-state index in [0.29, 0.717) is 5.92 Å². The maximum absolute atomic E-state index is 3.28. The van der Waals surface area contributed by atoms with Gasteiger partial charge in [-0.15, -0.1) is 11.3 Å². The predicted molar refractivity (Wildman–Crippen MR) is 60.4 cm³/mol. The van der Waals surface area contributed by atoms with Crippen molar-refractivity contribution < 1.29 is 0 Å². The molecule has 0 aliphatic heterocycles. The molecule has 74 valence electrons. The molecule has 1 nitrogen and oxygen atoms in total. The predicted octanol–water partition coefficient (Wildman–Crippen LogP) is 3.10. The van der Waals surface area contributed by atoms with Crippen molar-refractivity contribution in [2.24, 2.45) is 5.92 Å². The zero-order chi connectivity index (χ0) is 9.68. The van der Waals surface area contributed by atoms with Crippen molar-refractivity contribution in [2.75, 3.05) is 13.6 Å². The van der Waals surface area contributed by atoms with Crippen LogP contribution in [0.4, 0.5) is 0 Å². The Morgan fingerprint density at radius 2 is 2.31 bits per heavy atom. The molecular formula is C11H19NS. The van der Waals surface area contributed by atoms with E-state index in [1.165, 1.54) is 11.3 Å². The summed E-state index contributed by atoms with van der Waals surface area (Å²) in [6.07, 6.45) is 1.25. The van der Waals surface area contributed by atoms with Gasteiger partial charge in [0.2, 0.25) is 0 Å². The minimum absolute atomic E-state index is 0.690. The van der Waals surface area contributed by atoms with Crippen LogP contribution in [0.1, 0.15) is 31.1 Å². The lowest BCUT2D eigenvalue weighted by Gasteiger charge is -2.21. The van der Waals surface area contributed by atoms with Gasteiger partial charge < -0.3 is 5.32 Å². The van der Waals surface area contributed by atoms with Crippen LogP contribution in [-0.2, 0) is 0 Å². The van der Waals surface area contributed by atoms with E-state index in [0.717, 1.165) is 12.5 Å². The van der Waals surface area contributed by atoms with E-state index in [2.05, 4.69) is 36.7 Å². The first-order valence-electron chi connectivity index (χ1n) is 4.97. The Kier molecular flexibility index (Phi) is 4.46. The number of rotatable bonds is 5. The van der Waals surface area contributed by atoms with Crippen molar-refractivity contribution in [3.05, 3.63) is 22.4 Å². The summed E-state index contributed by atoms with van der Waals surface area (Å²) in [5.74, 6) is 1.46. The fourth-order valence-electron chi connectivity index (χ4n) is 1.59. The van der Waals surface area contributed by atoms with E-state index in [-0.39, 0.29) is 0 Å². The minimum Gasteiger partial charge on any atom is -0.319 e. The van der Waals surface area contributed by atoms with E-state index in [1.54, 1.807) is 0 Å². The molecule has 1 rings (SSSR count). The molecule has 0 spiro atoms. The highest BCUT2D eigenvalue weighted by atomic mass is 32.1. The van der Waals surface area contributed by atoms with Crippen LogP contribution in [0, 0.1) is 5.92 Å². The van der Waals surface area contributed by atoms with Crippen LogP contribution in [-0.4, -0.2) is 13.6 Å². The van der Waals surface area contributed by atoms with E-state index < -0.39 is 0 Å². The molecule has 0 saturated carbocycles. The van der Waals surface area contributed by atoms with Gasteiger partial charge in [0.15, 0.2) is 0 Å². The molecule has 13 heavy (non-hydrogen) atoms. The monoisotopic (exact) mass is 197 g/mol. The molecule has 2 atom stereocenters. The van der Waals surface area contributed by atoms with Gasteiger partial charge in [-0.3, -0.25) is 0 Å². The van der Waals surface area contributed by atoms with Crippen molar-refractivity contribution in [1.82, 2.24) is 5.32 Å². The van der Waals surface area contributed by atoms with Gasteiger partial charge in [0.05, 0.1) is 0 Å². The molecule has 1 aromatic rings. The van der Waals surface area contributed by atoms with Crippen LogP contribution in [0.25, 0.3) is 0 Å². The molecule has 1 N–H and O–H groups in total. The van der Waals surface area contributed by atoms with Crippen LogP contribution < -0.4 is 5.32 Å². The summed E-state index contributed by atoms with van der Waals surface area (Å²) < 4.78 is 0. The Bertz CT molecular complexity index is 218. The summed E-state index contributed by atoms with van der Waals surface area (Å²) in [4.78, 5) is 1.52. The number of hydrogen-bond donors (Lipinski definition) is 1.